The normalized spacial score (nSPS) is 11.4. The van der Waals surface area contributed by atoms with Crippen molar-refractivity contribution in [2.45, 2.75) is 20.0 Å². The molecule has 0 saturated heterocycles. The van der Waals surface area contributed by atoms with Crippen LogP contribution >= 0.6 is 11.3 Å². The van der Waals surface area contributed by atoms with E-state index in [-0.39, 0.29) is 0 Å². The zero-order valence-electron chi connectivity index (χ0n) is 12.5. The maximum absolute atomic E-state index is 4.21. The number of thiophene rings is 1. The lowest BCUT2D eigenvalue weighted by Gasteiger charge is -2.24. The molecule has 0 unspecified atom stereocenters. The molecule has 2 aromatic heterocycles. The van der Waals surface area contributed by atoms with E-state index in [9.17, 15) is 0 Å². The molecular weight excluding hydrogens is 266 g/mol. The Morgan fingerprint density at radius 1 is 1.15 bits per heavy atom. The maximum atomic E-state index is 4.21. The van der Waals surface area contributed by atoms with E-state index in [1.54, 1.807) is 0 Å². The molecule has 0 aliphatic heterocycles. The number of nitrogens with zero attached hydrogens (tertiary/aromatic N) is 3. The summed E-state index contributed by atoms with van der Waals surface area (Å²) in [6.07, 6.45) is 3.79. The van der Waals surface area contributed by atoms with Crippen LogP contribution in [0.25, 0.3) is 0 Å². The predicted octanol–water partition coefficient (Wildman–Crippen LogP) is 3.02. The Hall–Kier alpha value is -1.23. The third-order valence-electron chi connectivity index (χ3n) is 3.33. The third-order valence-corrected chi connectivity index (χ3v) is 4.34. The highest BCUT2D eigenvalue weighted by molar-refractivity contribution is 7.10. The molecule has 4 heteroatoms. The quantitative estimate of drug-likeness (QED) is 0.781. The van der Waals surface area contributed by atoms with Gasteiger partial charge in [0.1, 0.15) is 0 Å². The van der Waals surface area contributed by atoms with Gasteiger partial charge in [0.15, 0.2) is 0 Å². The number of hydrogen-bond acceptors (Lipinski definition) is 4. The number of aryl methyl sites for hydroxylation is 1. The number of aromatic nitrogens is 1. The van der Waals surface area contributed by atoms with Crippen LogP contribution in [0.3, 0.4) is 0 Å². The first kappa shape index (κ1) is 15.2. The van der Waals surface area contributed by atoms with E-state index in [1.807, 2.05) is 29.8 Å². The van der Waals surface area contributed by atoms with Crippen molar-refractivity contribution in [1.29, 1.82) is 0 Å². The molecule has 108 valence electrons. The van der Waals surface area contributed by atoms with Gasteiger partial charge in [0.2, 0.25) is 0 Å². The van der Waals surface area contributed by atoms with Crippen molar-refractivity contribution >= 4 is 11.3 Å². The summed E-state index contributed by atoms with van der Waals surface area (Å²) in [6.45, 7) is 6.31. The van der Waals surface area contributed by atoms with Crippen LogP contribution in [-0.2, 0) is 13.1 Å². The topological polar surface area (TPSA) is 19.4 Å². The SMILES string of the molecule is Cc1ccsc1CN(CCN(C)C)Cc1cccnc1. The van der Waals surface area contributed by atoms with Gasteiger partial charge in [0.05, 0.1) is 0 Å². The fourth-order valence-corrected chi connectivity index (χ4v) is 3.02. The van der Waals surface area contributed by atoms with Crippen molar-refractivity contribution in [1.82, 2.24) is 14.8 Å². The van der Waals surface area contributed by atoms with Gasteiger partial charge in [0.25, 0.3) is 0 Å². The molecule has 0 spiro atoms. The highest BCUT2D eigenvalue weighted by atomic mass is 32.1. The van der Waals surface area contributed by atoms with E-state index in [2.05, 4.69) is 53.3 Å². The minimum absolute atomic E-state index is 0.957. The largest absolute Gasteiger partial charge is 0.308 e. The molecule has 0 aliphatic rings. The Balaban J connectivity index is 2.02. The Kier molecular flexibility index (Phi) is 5.71. The van der Waals surface area contributed by atoms with Crippen LogP contribution in [0.1, 0.15) is 16.0 Å². The molecule has 3 nitrogen and oxygen atoms in total. The average molecular weight is 289 g/mol. The molecule has 0 aliphatic carbocycles. The highest BCUT2D eigenvalue weighted by Gasteiger charge is 2.10. The number of likely N-dealkylation sites (N-methyl/N-ethyl adjacent to an activating group) is 1. The van der Waals surface area contributed by atoms with Gasteiger partial charge in [-0.15, -0.1) is 11.3 Å². The summed E-state index contributed by atoms with van der Waals surface area (Å²) in [7, 11) is 4.25. The van der Waals surface area contributed by atoms with Crippen LogP contribution in [0.15, 0.2) is 36.0 Å². The van der Waals surface area contributed by atoms with Gasteiger partial charge in [-0.05, 0) is 49.7 Å². The van der Waals surface area contributed by atoms with Crippen molar-refractivity contribution in [3.05, 3.63) is 52.0 Å². The Morgan fingerprint density at radius 2 is 2.00 bits per heavy atom. The van der Waals surface area contributed by atoms with E-state index in [4.69, 9.17) is 0 Å². The summed E-state index contributed by atoms with van der Waals surface area (Å²) in [6, 6.07) is 6.36. The molecule has 0 aromatic carbocycles. The smallest absolute Gasteiger partial charge is 0.0334 e. The van der Waals surface area contributed by atoms with Crippen LogP contribution < -0.4 is 0 Å². The van der Waals surface area contributed by atoms with Gasteiger partial charge in [-0.1, -0.05) is 6.07 Å². The molecule has 2 rings (SSSR count). The first-order valence-electron chi connectivity index (χ1n) is 6.94. The molecule has 0 fully saturated rings. The van der Waals surface area contributed by atoms with Crippen LogP contribution in [0.2, 0.25) is 0 Å². The molecule has 2 heterocycles. The lowest BCUT2D eigenvalue weighted by atomic mass is 10.2. The summed E-state index contributed by atoms with van der Waals surface area (Å²) < 4.78 is 0. The second kappa shape index (κ2) is 7.53. The Bertz CT molecular complexity index is 507. The fourth-order valence-electron chi connectivity index (χ4n) is 2.07. The van der Waals surface area contributed by atoms with E-state index >= 15 is 0 Å². The monoisotopic (exact) mass is 289 g/mol. The van der Waals surface area contributed by atoms with Gasteiger partial charge < -0.3 is 4.90 Å². The van der Waals surface area contributed by atoms with Crippen LogP contribution in [0.5, 0.6) is 0 Å². The van der Waals surface area contributed by atoms with Crippen molar-refractivity contribution in [3.63, 3.8) is 0 Å². The van der Waals surface area contributed by atoms with E-state index in [1.165, 1.54) is 16.0 Å². The van der Waals surface area contributed by atoms with Crippen molar-refractivity contribution in [3.8, 4) is 0 Å². The number of rotatable bonds is 7. The van der Waals surface area contributed by atoms with Crippen molar-refractivity contribution in [2.75, 3.05) is 27.2 Å². The van der Waals surface area contributed by atoms with Gasteiger partial charge in [-0.2, -0.15) is 0 Å². The lowest BCUT2D eigenvalue weighted by molar-refractivity contribution is 0.227. The van der Waals surface area contributed by atoms with Crippen molar-refractivity contribution in [2.24, 2.45) is 0 Å². The maximum Gasteiger partial charge on any atom is 0.0334 e. The van der Waals surface area contributed by atoms with Crippen molar-refractivity contribution < 1.29 is 0 Å². The first-order valence-corrected chi connectivity index (χ1v) is 7.82. The molecule has 0 bridgehead atoms. The summed E-state index contributed by atoms with van der Waals surface area (Å²) >= 11 is 1.85. The van der Waals surface area contributed by atoms with Crippen LogP contribution in [-0.4, -0.2) is 42.0 Å². The molecular formula is C16H23N3S. The zero-order chi connectivity index (χ0) is 14.4. The molecule has 0 saturated carbocycles. The minimum atomic E-state index is 0.957. The zero-order valence-corrected chi connectivity index (χ0v) is 13.4. The second-order valence-corrected chi connectivity index (χ2v) is 6.40. The van der Waals surface area contributed by atoms with E-state index in [0.717, 1.165) is 26.2 Å². The molecule has 0 amide bonds. The Morgan fingerprint density at radius 3 is 2.60 bits per heavy atom. The first-order chi connectivity index (χ1) is 9.65. The standard InChI is InChI=1S/C16H23N3S/c1-14-6-10-20-16(14)13-19(9-8-18(2)3)12-15-5-4-7-17-11-15/h4-7,10-11H,8-9,12-13H2,1-3H3. The number of pyridine rings is 1. The molecule has 0 radical (unpaired) electrons. The van der Waals surface area contributed by atoms with Gasteiger partial charge in [0, 0.05) is 43.4 Å². The average Bonchev–Trinajstić information content (AvgIpc) is 2.83. The predicted molar refractivity (Wildman–Crippen MR) is 86.0 cm³/mol. The summed E-state index contributed by atoms with van der Waals surface area (Å²) in [5, 5.41) is 2.18. The van der Waals surface area contributed by atoms with Gasteiger partial charge in [-0.25, -0.2) is 0 Å². The fraction of sp³-hybridized carbons (Fsp3) is 0.438. The Labute approximate surface area is 125 Å². The third kappa shape index (κ3) is 4.71. The summed E-state index contributed by atoms with van der Waals surface area (Å²) in [4.78, 5) is 10.4. The minimum Gasteiger partial charge on any atom is -0.308 e. The molecule has 2 aromatic rings. The lowest BCUT2D eigenvalue weighted by Crippen LogP contribution is -2.31. The number of hydrogen-bond donors (Lipinski definition) is 0. The molecule has 0 atom stereocenters. The molecule has 0 N–H and O–H groups in total. The van der Waals surface area contributed by atoms with E-state index < -0.39 is 0 Å². The summed E-state index contributed by atoms with van der Waals surface area (Å²) in [5.41, 5.74) is 2.68. The second-order valence-electron chi connectivity index (χ2n) is 5.40. The van der Waals surface area contributed by atoms with E-state index in [0.29, 0.717) is 0 Å². The van der Waals surface area contributed by atoms with Gasteiger partial charge >= 0.3 is 0 Å². The van der Waals surface area contributed by atoms with Crippen LogP contribution in [0, 0.1) is 6.92 Å². The molecule has 20 heavy (non-hydrogen) atoms. The highest BCUT2D eigenvalue weighted by Crippen LogP contribution is 2.19. The summed E-state index contributed by atoms with van der Waals surface area (Å²) in [5.74, 6) is 0. The van der Waals surface area contributed by atoms with Crippen LogP contribution in [0.4, 0.5) is 0 Å². The van der Waals surface area contributed by atoms with Gasteiger partial charge in [-0.3, -0.25) is 9.88 Å².